The Kier molecular flexibility index (Phi) is 6.13. The third kappa shape index (κ3) is 4.92. The van der Waals surface area contributed by atoms with Crippen LogP contribution in [0.25, 0.3) is 11.3 Å². The highest BCUT2D eigenvalue weighted by atomic mass is 16.5. The summed E-state index contributed by atoms with van der Waals surface area (Å²) in [5.41, 5.74) is 2.46. The molecular formula is C21H21N3O5. The molecule has 0 aliphatic carbocycles. The third-order valence-electron chi connectivity index (χ3n) is 4.12. The van der Waals surface area contributed by atoms with Crippen molar-refractivity contribution in [2.75, 3.05) is 19.5 Å². The standard InChI is InChI=1S/C21H21N3O5/c1-13(25)23-16-7-4-14(5-8-16)21(26)22-12-17-11-19(29-24-17)15-6-9-18(27-2)20(10-15)28-3/h4-11H,12H2,1-3H3,(H,22,26)(H,23,25). The largest absolute Gasteiger partial charge is 0.493 e. The number of amides is 2. The zero-order valence-electron chi connectivity index (χ0n) is 16.3. The molecule has 8 nitrogen and oxygen atoms in total. The highest BCUT2D eigenvalue weighted by molar-refractivity contribution is 5.95. The number of rotatable bonds is 7. The van der Waals surface area contributed by atoms with Crippen molar-refractivity contribution in [1.82, 2.24) is 10.5 Å². The Bertz CT molecular complexity index is 1010. The maximum atomic E-state index is 12.3. The fourth-order valence-corrected chi connectivity index (χ4v) is 2.70. The van der Waals surface area contributed by atoms with Gasteiger partial charge in [-0.25, -0.2) is 0 Å². The first kappa shape index (κ1) is 19.9. The van der Waals surface area contributed by atoms with Gasteiger partial charge in [0, 0.05) is 29.8 Å². The van der Waals surface area contributed by atoms with Crippen molar-refractivity contribution in [3.8, 4) is 22.8 Å². The molecule has 2 aromatic carbocycles. The van der Waals surface area contributed by atoms with E-state index in [1.807, 2.05) is 6.07 Å². The van der Waals surface area contributed by atoms with Crippen molar-refractivity contribution in [2.24, 2.45) is 0 Å². The predicted octanol–water partition coefficient (Wildman–Crippen LogP) is 3.25. The summed E-state index contributed by atoms with van der Waals surface area (Å²) in [6.07, 6.45) is 0. The van der Waals surface area contributed by atoms with Gasteiger partial charge < -0.3 is 24.6 Å². The lowest BCUT2D eigenvalue weighted by molar-refractivity contribution is -0.114. The Hall–Kier alpha value is -3.81. The summed E-state index contributed by atoms with van der Waals surface area (Å²) >= 11 is 0. The monoisotopic (exact) mass is 395 g/mol. The Labute approximate surface area is 167 Å². The van der Waals surface area contributed by atoms with Crippen molar-refractivity contribution in [1.29, 1.82) is 0 Å². The van der Waals surface area contributed by atoms with E-state index in [1.54, 1.807) is 56.7 Å². The zero-order valence-corrected chi connectivity index (χ0v) is 16.3. The van der Waals surface area contributed by atoms with Crippen LogP contribution in [0.1, 0.15) is 23.0 Å². The number of aromatic nitrogens is 1. The number of nitrogens with zero attached hydrogens (tertiary/aromatic N) is 1. The summed E-state index contributed by atoms with van der Waals surface area (Å²) in [6, 6.07) is 13.8. The summed E-state index contributed by atoms with van der Waals surface area (Å²) in [5, 5.41) is 9.43. The van der Waals surface area contributed by atoms with E-state index in [-0.39, 0.29) is 18.4 Å². The lowest BCUT2D eigenvalue weighted by Gasteiger charge is -2.07. The first-order valence-corrected chi connectivity index (χ1v) is 8.84. The first-order chi connectivity index (χ1) is 14.0. The molecule has 1 aromatic heterocycles. The lowest BCUT2D eigenvalue weighted by Crippen LogP contribution is -2.22. The van der Waals surface area contributed by atoms with Crippen molar-refractivity contribution in [3.05, 3.63) is 59.8 Å². The number of methoxy groups -OCH3 is 2. The molecule has 0 aliphatic heterocycles. The maximum absolute atomic E-state index is 12.3. The van der Waals surface area contributed by atoms with Crippen LogP contribution in [0.2, 0.25) is 0 Å². The second-order valence-electron chi connectivity index (χ2n) is 6.19. The number of hydrogen-bond donors (Lipinski definition) is 2. The van der Waals surface area contributed by atoms with Gasteiger partial charge in [-0.05, 0) is 42.5 Å². The molecule has 8 heteroatoms. The van der Waals surface area contributed by atoms with Gasteiger partial charge in [-0.3, -0.25) is 9.59 Å². The summed E-state index contributed by atoms with van der Waals surface area (Å²) < 4.78 is 15.9. The van der Waals surface area contributed by atoms with Crippen molar-refractivity contribution >= 4 is 17.5 Å². The van der Waals surface area contributed by atoms with Crippen LogP contribution >= 0.6 is 0 Å². The lowest BCUT2D eigenvalue weighted by atomic mass is 10.1. The molecule has 1 heterocycles. The summed E-state index contributed by atoms with van der Waals surface area (Å²) in [7, 11) is 3.13. The summed E-state index contributed by atoms with van der Waals surface area (Å²) in [6.45, 7) is 1.64. The molecule has 3 aromatic rings. The van der Waals surface area contributed by atoms with Gasteiger partial charge in [0.1, 0.15) is 5.69 Å². The van der Waals surface area contributed by atoms with Crippen molar-refractivity contribution in [3.63, 3.8) is 0 Å². The Balaban J connectivity index is 1.63. The molecule has 0 spiro atoms. The van der Waals surface area contributed by atoms with Gasteiger partial charge in [0.15, 0.2) is 17.3 Å². The molecule has 2 amide bonds. The van der Waals surface area contributed by atoms with Crippen LogP contribution in [0.4, 0.5) is 5.69 Å². The highest BCUT2D eigenvalue weighted by Gasteiger charge is 2.12. The average Bonchev–Trinajstić information content (AvgIpc) is 3.20. The van der Waals surface area contributed by atoms with E-state index < -0.39 is 0 Å². The number of carbonyl (C=O) groups excluding carboxylic acids is 2. The molecule has 0 atom stereocenters. The molecule has 0 radical (unpaired) electrons. The van der Waals surface area contributed by atoms with Gasteiger partial charge >= 0.3 is 0 Å². The van der Waals surface area contributed by atoms with Gasteiger partial charge in [0.2, 0.25) is 5.91 Å². The topological polar surface area (TPSA) is 103 Å². The normalized spacial score (nSPS) is 10.3. The zero-order chi connectivity index (χ0) is 20.8. The Morgan fingerprint density at radius 1 is 1.00 bits per heavy atom. The smallest absolute Gasteiger partial charge is 0.251 e. The minimum absolute atomic E-state index is 0.168. The maximum Gasteiger partial charge on any atom is 0.251 e. The highest BCUT2D eigenvalue weighted by Crippen LogP contribution is 2.32. The molecule has 150 valence electrons. The van der Waals surface area contributed by atoms with Crippen LogP contribution in [0, 0.1) is 0 Å². The molecule has 0 unspecified atom stereocenters. The van der Waals surface area contributed by atoms with Crippen molar-refractivity contribution < 1.29 is 23.6 Å². The summed E-state index contributed by atoms with van der Waals surface area (Å²) in [4.78, 5) is 23.3. The van der Waals surface area contributed by atoms with E-state index in [1.165, 1.54) is 6.92 Å². The molecule has 0 aliphatic rings. The van der Waals surface area contributed by atoms with E-state index in [0.29, 0.717) is 34.2 Å². The van der Waals surface area contributed by atoms with Crippen LogP contribution < -0.4 is 20.1 Å². The number of benzene rings is 2. The van der Waals surface area contributed by atoms with Gasteiger partial charge in [-0.15, -0.1) is 0 Å². The molecule has 0 saturated carbocycles. The van der Waals surface area contributed by atoms with Gasteiger partial charge in [-0.1, -0.05) is 5.16 Å². The molecule has 2 N–H and O–H groups in total. The van der Waals surface area contributed by atoms with Crippen LogP contribution in [-0.2, 0) is 11.3 Å². The number of carbonyl (C=O) groups is 2. The second kappa shape index (κ2) is 8.92. The van der Waals surface area contributed by atoms with Crippen molar-refractivity contribution in [2.45, 2.75) is 13.5 Å². The fourth-order valence-electron chi connectivity index (χ4n) is 2.70. The van der Waals surface area contributed by atoms with E-state index in [9.17, 15) is 9.59 Å². The number of nitrogens with one attached hydrogen (secondary N) is 2. The second-order valence-corrected chi connectivity index (χ2v) is 6.19. The fraction of sp³-hybridized carbons (Fsp3) is 0.190. The molecule has 0 fully saturated rings. The first-order valence-electron chi connectivity index (χ1n) is 8.84. The van der Waals surface area contributed by atoms with Crippen LogP contribution in [0.5, 0.6) is 11.5 Å². The number of hydrogen-bond acceptors (Lipinski definition) is 6. The van der Waals surface area contributed by atoms with Gasteiger partial charge in [0.25, 0.3) is 5.91 Å². The Morgan fingerprint density at radius 3 is 2.38 bits per heavy atom. The third-order valence-corrected chi connectivity index (χ3v) is 4.12. The van der Waals surface area contributed by atoms with Crippen LogP contribution in [0.15, 0.2) is 53.1 Å². The average molecular weight is 395 g/mol. The van der Waals surface area contributed by atoms with Crippen LogP contribution in [-0.4, -0.2) is 31.2 Å². The van der Waals surface area contributed by atoms with E-state index >= 15 is 0 Å². The quantitative estimate of drug-likeness (QED) is 0.637. The molecular weight excluding hydrogens is 374 g/mol. The van der Waals surface area contributed by atoms with Gasteiger partial charge in [0.05, 0.1) is 20.8 Å². The molecule has 29 heavy (non-hydrogen) atoms. The predicted molar refractivity (Wildman–Crippen MR) is 107 cm³/mol. The molecule has 0 bridgehead atoms. The van der Waals surface area contributed by atoms with E-state index in [2.05, 4.69) is 15.8 Å². The Morgan fingerprint density at radius 2 is 1.72 bits per heavy atom. The molecule has 0 saturated heterocycles. The minimum atomic E-state index is -0.255. The van der Waals surface area contributed by atoms with E-state index in [4.69, 9.17) is 14.0 Å². The van der Waals surface area contributed by atoms with Gasteiger partial charge in [-0.2, -0.15) is 0 Å². The van der Waals surface area contributed by atoms with Crippen LogP contribution in [0.3, 0.4) is 0 Å². The SMILES string of the molecule is COc1ccc(-c2cc(CNC(=O)c3ccc(NC(C)=O)cc3)no2)cc1OC. The minimum Gasteiger partial charge on any atom is -0.493 e. The number of anilines is 1. The molecule has 3 rings (SSSR count). The summed E-state index contributed by atoms with van der Waals surface area (Å²) in [5.74, 6) is 1.33. The van der Waals surface area contributed by atoms with E-state index in [0.717, 1.165) is 5.56 Å². The number of ether oxygens (including phenoxy) is 2.